The number of fused-ring (bicyclic) bond motifs is 1. The standard InChI is InChI=1S/C24H24N4O/c1-27-21-10-6-5-9-19(21)15-22(27)24(29)28-13-11-18(12-14-28)23-20(16-25-26-23)17-7-3-2-4-8-17/h2-10,15-16,18H,11-14H2,1H3,(H,25,26). The second-order valence-corrected chi connectivity index (χ2v) is 7.78. The monoisotopic (exact) mass is 384 g/mol. The number of amides is 1. The van der Waals surface area contributed by atoms with Gasteiger partial charge in [0.05, 0.1) is 6.20 Å². The number of hydrogen-bond acceptors (Lipinski definition) is 2. The molecule has 1 aliphatic heterocycles. The van der Waals surface area contributed by atoms with Gasteiger partial charge in [0, 0.05) is 48.2 Å². The van der Waals surface area contributed by atoms with Crippen LogP contribution in [0.15, 0.2) is 66.9 Å². The molecule has 0 aliphatic carbocycles. The lowest BCUT2D eigenvalue weighted by atomic mass is 9.89. The fourth-order valence-corrected chi connectivity index (χ4v) is 4.48. The molecule has 0 atom stereocenters. The van der Waals surface area contributed by atoms with Crippen LogP contribution in [-0.4, -0.2) is 38.7 Å². The lowest BCUT2D eigenvalue weighted by molar-refractivity contribution is 0.0703. The number of carbonyl (C=O) groups is 1. The van der Waals surface area contributed by atoms with E-state index in [0.29, 0.717) is 5.92 Å². The first-order valence-electron chi connectivity index (χ1n) is 10.1. The highest BCUT2D eigenvalue weighted by Gasteiger charge is 2.28. The molecule has 5 rings (SSSR count). The number of aromatic amines is 1. The Bertz CT molecular complexity index is 1150. The fourth-order valence-electron chi connectivity index (χ4n) is 4.48. The van der Waals surface area contributed by atoms with E-state index in [1.54, 1.807) is 0 Å². The predicted molar refractivity (Wildman–Crippen MR) is 115 cm³/mol. The third-order valence-electron chi connectivity index (χ3n) is 6.11. The van der Waals surface area contributed by atoms with Crippen molar-refractivity contribution in [3.05, 3.63) is 78.2 Å². The summed E-state index contributed by atoms with van der Waals surface area (Å²) in [6.45, 7) is 1.52. The molecule has 0 bridgehead atoms. The predicted octanol–water partition coefficient (Wildman–Crippen LogP) is 4.59. The highest BCUT2D eigenvalue weighted by Crippen LogP contribution is 2.34. The minimum atomic E-state index is 0.120. The van der Waals surface area contributed by atoms with Crippen LogP contribution in [0.3, 0.4) is 0 Å². The number of aromatic nitrogens is 3. The summed E-state index contributed by atoms with van der Waals surface area (Å²) in [6.07, 6.45) is 3.80. The van der Waals surface area contributed by atoms with Gasteiger partial charge in [-0.15, -0.1) is 0 Å². The number of nitrogens with zero attached hydrogens (tertiary/aromatic N) is 3. The summed E-state index contributed by atoms with van der Waals surface area (Å²) >= 11 is 0. The van der Waals surface area contributed by atoms with E-state index >= 15 is 0 Å². The number of H-pyrrole nitrogens is 1. The molecule has 146 valence electrons. The van der Waals surface area contributed by atoms with E-state index in [2.05, 4.69) is 46.6 Å². The van der Waals surface area contributed by atoms with E-state index in [-0.39, 0.29) is 5.91 Å². The van der Waals surface area contributed by atoms with E-state index in [9.17, 15) is 4.79 Å². The summed E-state index contributed by atoms with van der Waals surface area (Å²) in [5.74, 6) is 0.513. The summed E-state index contributed by atoms with van der Waals surface area (Å²) in [5.41, 5.74) is 5.40. The van der Waals surface area contributed by atoms with Gasteiger partial charge in [-0.3, -0.25) is 9.89 Å². The van der Waals surface area contributed by atoms with Crippen LogP contribution in [-0.2, 0) is 7.05 Å². The van der Waals surface area contributed by atoms with Crippen molar-refractivity contribution in [3.8, 4) is 11.1 Å². The van der Waals surface area contributed by atoms with Crippen LogP contribution in [0.2, 0.25) is 0 Å². The molecule has 0 unspecified atom stereocenters. The summed E-state index contributed by atoms with van der Waals surface area (Å²) in [4.78, 5) is 15.1. The maximum atomic E-state index is 13.2. The maximum absolute atomic E-state index is 13.2. The normalized spacial score (nSPS) is 15.1. The first-order valence-corrected chi connectivity index (χ1v) is 10.1. The maximum Gasteiger partial charge on any atom is 0.270 e. The van der Waals surface area contributed by atoms with Crippen LogP contribution in [0.4, 0.5) is 0 Å². The average molecular weight is 384 g/mol. The molecule has 3 heterocycles. The Morgan fingerprint density at radius 2 is 1.76 bits per heavy atom. The van der Waals surface area contributed by atoms with Crippen LogP contribution < -0.4 is 0 Å². The Balaban J connectivity index is 1.33. The number of likely N-dealkylation sites (tertiary alicyclic amines) is 1. The van der Waals surface area contributed by atoms with Crippen molar-refractivity contribution in [3.63, 3.8) is 0 Å². The Hall–Kier alpha value is -3.34. The first-order chi connectivity index (χ1) is 14.2. The SMILES string of the molecule is Cn1c(C(=O)N2CCC(c3[nH]ncc3-c3ccccc3)CC2)cc2ccccc21. The van der Waals surface area contributed by atoms with Gasteiger partial charge in [0.2, 0.25) is 0 Å². The number of para-hydroxylation sites is 1. The molecular formula is C24H24N4O. The molecule has 5 heteroatoms. The zero-order chi connectivity index (χ0) is 19.8. The van der Waals surface area contributed by atoms with Gasteiger partial charge in [0.15, 0.2) is 0 Å². The van der Waals surface area contributed by atoms with Crippen molar-refractivity contribution in [1.29, 1.82) is 0 Å². The summed E-state index contributed by atoms with van der Waals surface area (Å²) in [6, 6.07) is 20.5. The van der Waals surface area contributed by atoms with Crippen molar-refractivity contribution in [2.45, 2.75) is 18.8 Å². The highest BCUT2D eigenvalue weighted by molar-refractivity contribution is 5.98. The van der Waals surface area contributed by atoms with Crippen molar-refractivity contribution in [2.75, 3.05) is 13.1 Å². The first kappa shape index (κ1) is 17.7. The number of hydrogen-bond donors (Lipinski definition) is 1. The van der Waals surface area contributed by atoms with E-state index in [4.69, 9.17) is 0 Å². The Labute approximate surface area is 170 Å². The van der Waals surface area contributed by atoms with Crippen LogP contribution in [0, 0.1) is 0 Å². The quantitative estimate of drug-likeness (QED) is 0.562. The number of aryl methyl sites for hydroxylation is 1. The van der Waals surface area contributed by atoms with E-state index in [1.807, 2.05) is 47.0 Å². The van der Waals surface area contributed by atoms with Gasteiger partial charge in [-0.05, 0) is 30.5 Å². The third-order valence-corrected chi connectivity index (χ3v) is 6.11. The molecule has 2 aromatic heterocycles. The van der Waals surface area contributed by atoms with E-state index in [0.717, 1.165) is 42.5 Å². The molecule has 4 aromatic rings. The molecule has 1 amide bonds. The number of rotatable bonds is 3. The zero-order valence-corrected chi connectivity index (χ0v) is 16.5. The van der Waals surface area contributed by atoms with Crippen molar-refractivity contribution in [2.24, 2.45) is 7.05 Å². The Kier molecular flexibility index (Phi) is 4.43. The topological polar surface area (TPSA) is 53.9 Å². The van der Waals surface area contributed by atoms with Crippen molar-refractivity contribution >= 4 is 16.8 Å². The van der Waals surface area contributed by atoms with Crippen LogP contribution in [0.25, 0.3) is 22.0 Å². The lowest BCUT2D eigenvalue weighted by Gasteiger charge is -2.32. The Morgan fingerprint density at radius 1 is 1.03 bits per heavy atom. The van der Waals surface area contributed by atoms with Crippen LogP contribution >= 0.6 is 0 Å². The number of benzene rings is 2. The highest BCUT2D eigenvalue weighted by atomic mass is 16.2. The average Bonchev–Trinajstić information content (AvgIpc) is 3.39. The molecule has 1 fully saturated rings. The van der Waals surface area contributed by atoms with E-state index in [1.165, 1.54) is 16.8 Å². The molecule has 2 aromatic carbocycles. The third kappa shape index (κ3) is 3.12. The molecule has 1 N–H and O–H groups in total. The van der Waals surface area contributed by atoms with E-state index < -0.39 is 0 Å². The molecule has 0 saturated carbocycles. The number of nitrogens with one attached hydrogen (secondary N) is 1. The van der Waals surface area contributed by atoms with Gasteiger partial charge in [-0.2, -0.15) is 5.10 Å². The summed E-state index contributed by atoms with van der Waals surface area (Å²) < 4.78 is 2.01. The van der Waals surface area contributed by atoms with Crippen molar-refractivity contribution in [1.82, 2.24) is 19.7 Å². The van der Waals surface area contributed by atoms with Gasteiger partial charge >= 0.3 is 0 Å². The smallest absolute Gasteiger partial charge is 0.270 e. The second kappa shape index (κ2) is 7.24. The minimum Gasteiger partial charge on any atom is -0.340 e. The molecular weight excluding hydrogens is 360 g/mol. The number of piperidine rings is 1. The summed E-state index contributed by atoms with van der Waals surface area (Å²) in [7, 11) is 1.97. The molecule has 0 radical (unpaired) electrons. The molecule has 5 nitrogen and oxygen atoms in total. The number of carbonyl (C=O) groups excluding carboxylic acids is 1. The zero-order valence-electron chi connectivity index (χ0n) is 16.5. The molecule has 29 heavy (non-hydrogen) atoms. The van der Waals surface area contributed by atoms with Crippen LogP contribution in [0.5, 0.6) is 0 Å². The van der Waals surface area contributed by atoms with Gasteiger partial charge < -0.3 is 9.47 Å². The molecule has 1 aliphatic rings. The summed E-state index contributed by atoms with van der Waals surface area (Å²) in [5, 5.41) is 8.63. The lowest BCUT2D eigenvalue weighted by Crippen LogP contribution is -2.38. The van der Waals surface area contributed by atoms with Gasteiger partial charge in [-0.25, -0.2) is 0 Å². The van der Waals surface area contributed by atoms with Gasteiger partial charge in [-0.1, -0.05) is 48.5 Å². The Morgan fingerprint density at radius 3 is 2.52 bits per heavy atom. The fraction of sp³-hybridized carbons (Fsp3) is 0.250. The van der Waals surface area contributed by atoms with Crippen molar-refractivity contribution < 1.29 is 4.79 Å². The minimum absolute atomic E-state index is 0.120. The largest absolute Gasteiger partial charge is 0.340 e. The van der Waals surface area contributed by atoms with Gasteiger partial charge in [0.25, 0.3) is 5.91 Å². The molecule has 0 spiro atoms. The van der Waals surface area contributed by atoms with Gasteiger partial charge in [0.1, 0.15) is 5.69 Å². The second-order valence-electron chi connectivity index (χ2n) is 7.78. The molecule has 1 saturated heterocycles. The van der Waals surface area contributed by atoms with Crippen LogP contribution in [0.1, 0.15) is 34.9 Å².